The van der Waals surface area contributed by atoms with Crippen molar-refractivity contribution in [3.63, 3.8) is 0 Å². The summed E-state index contributed by atoms with van der Waals surface area (Å²) in [6.45, 7) is 1.74. The topological polar surface area (TPSA) is 96.8 Å². The number of hydrogen-bond acceptors (Lipinski definition) is 8. The van der Waals surface area contributed by atoms with E-state index in [2.05, 4.69) is 10.3 Å². The lowest BCUT2D eigenvalue weighted by molar-refractivity contribution is -0.142. The standard InChI is InChI=1S/C21H23ClN4O4S/c1-29-15-4-3-12(9-16(15)30-2)11-23-18-14-10-17(22)31-19(14)25-21(24-18)26-7-5-13(6-8-26)20(27)28/h3-4,9-10,13H,5-8,11H2,1-2H3,(H,27,28)(H,23,24,25). The second-order valence-corrected chi connectivity index (χ2v) is 8.95. The minimum Gasteiger partial charge on any atom is -0.493 e. The molecule has 0 bridgehead atoms. The van der Waals surface area contributed by atoms with E-state index in [0.717, 1.165) is 15.8 Å². The number of carbonyl (C=O) groups is 1. The molecule has 3 heterocycles. The maximum Gasteiger partial charge on any atom is 0.306 e. The van der Waals surface area contributed by atoms with Gasteiger partial charge in [0.15, 0.2) is 11.5 Å². The average molecular weight is 463 g/mol. The lowest BCUT2D eigenvalue weighted by Crippen LogP contribution is -2.37. The van der Waals surface area contributed by atoms with Crippen molar-refractivity contribution < 1.29 is 19.4 Å². The van der Waals surface area contributed by atoms with Gasteiger partial charge in [0, 0.05) is 19.6 Å². The number of carboxylic acids is 1. The molecule has 8 nitrogen and oxygen atoms in total. The number of aliphatic carboxylic acids is 1. The van der Waals surface area contributed by atoms with Gasteiger partial charge >= 0.3 is 5.97 Å². The second-order valence-electron chi connectivity index (χ2n) is 7.28. The molecule has 0 amide bonds. The summed E-state index contributed by atoms with van der Waals surface area (Å²) in [4.78, 5) is 23.5. The fourth-order valence-electron chi connectivity index (χ4n) is 3.66. The molecule has 1 fully saturated rings. The Balaban J connectivity index is 1.58. The molecule has 3 aromatic rings. The SMILES string of the molecule is COc1ccc(CNc2nc(N3CCC(C(=O)O)CC3)nc3sc(Cl)cc23)cc1OC. The van der Waals surface area contributed by atoms with Crippen LogP contribution in [-0.2, 0) is 11.3 Å². The summed E-state index contributed by atoms with van der Waals surface area (Å²) < 4.78 is 11.3. The van der Waals surface area contributed by atoms with E-state index in [1.54, 1.807) is 14.2 Å². The van der Waals surface area contributed by atoms with Gasteiger partial charge in [-0.3, -0.25) is 4.79 Å². The number of nitrogens with one attached hydrogen (secondary N) is 1. The van der Waals surface area contributed by atoms with E-state index >= 15 is 0 Å². The van der Waals surface area contributed by atoms with Gasteiger partial charge in [0.1, 0.15) is 10.6 Å². The predicted molar refractivity (Wildman–Crippen MR) is 122 cm³/mol. The highest BCUT2D eigenvalue weighted by Gasteiger charge is 2.26. The Morgan fingerprint density at radius 1 is 1.23 bits per heavy atom. The lowest BCUT2D eigenvalue weighted by atomic mass is 9.97. The largest absolute Gasteiger partial charge is 0.493 e. The van der Waals surface area contributed by atoms with E-state index in [0.29, 0.717) is 60.1 Å². The summed E-state index contributed by atoms with van der Waals surface area (Å²) in [5.41, 5.74) is 1.01. The first-order chi connectivity index (χ1) is 15.0. The zero-order valence-electron chi connectivity index (χ0n) is 17.2. The quantitative estimate of drug-likeness (QED) is 0.537. The second kappa shape index (κ2) is 9.15. The van der Waals surface area contributed by atoms with Gasteiger partial charge in [-0.05, 0) is 36.6 Å². The number of hydrogen-bond donors (Lipinski definition) is 2. The van der Waals surface area contributed by atoms with E-state index in [1.165, 1.54) is 11.3 Å². The lowest BCUT2D eigenvalue weighted by Gasteiger charge is -2.30. The summed E-state index contributed by atoms with van der Waals surface area (Å²) in [6, 6.07) is 7.61. The molecular weight excluding hydrogens is 440 g/mol. The van der Waals surface area contributed by atoms with Crippen LogP contribution in [0.2, 0.25) is 4.34 Å². The van der Waals surface area contributed by atoms with Gasteiger partial charge in [-0.15, -0.1) is 11.3 Å². The molecule has 0 saturated carbocycles. The minimum atomic E-state index is -0.738. The van der Waals surface area contributed by atoms with E-state index in [9.17, 15) is 9.90 Å². The van der Waals surface area contributed by atoms with Crippen molar-refractivity contribution in [3.8, 4) is 11.5 Å². The third kappa shape index (κ3) is 4.62. The summed E-state index contributed by atoms with van der Waals surface area (Å²) in [5, 5.41) is 13.5. The highest BCUT2D eigenvalue weighted by molar-refractivity contribution is 7.22. The van der Waals surface area contributed by atoms with Crippen LogP contribution in [0.4, 0.5) is 11.8 Å². The molecule has 0 unspecified atom stereocenters. The number of benzene rings is 1. The van der Waals surface area contributed by atoms with Crippen molar-refractivity contribution in [2.24, 2.45) is 5.92 Å². The average Bonchev–Trinajstić information content (AvgIpc) is 3.17. The monoisotopic (exact) mass is 462 g/mol. The molecule has 164 valence electrons. The Morgan fingerprint density at radius 3 is 2.65 bits per heavy atom. The Kier molecular flexibility index (Phi) is 6.33. The third-order valence-electron chi connectivity index (χ3n) is 5.39. The number of carboxylic acid groups (broad SMARTS) is 1. The summed E-state index contributed by atoms with van der Waals surface area (Å²) in [7, 11) is 3.21. The first kappa shape index (κ1) is 21.5. The van der Waals surface area contributed by atoms with Gasteiger partial charge in [-0.25, -0.2) is 4.98 Å². The molecule has 1 aliphatic rings. The summed E-state index contributed by atoms with van der Waals surface area (Å²) in [6.07, 6.45) is 1.16. The Bertz CT molecular complexity index is 1100. The van der Waals surface area contributed by atoms with E-state index in [4.69, 9.17) is 26.1 Å². The van der Waals surface area contributed by atoms with Crippen molar-refractivity contribution in [1.82, 2.24) is 9.97 Å². The first-order valence-corrected chi connectivity index (χ1v) is 11.1. The number of anilines is 2. The van der Waals surface area contributed by atoms with Gasteiger partial charge < -0.3 is 24.8 Å². The number of aromatic nitrogens is 2. The van der Waals surface area contributed by atoms with Crippen LogP contribution < -0.4 is 19.7 Å². The Hall–Kier alpha value is -2.78. The van der Waals surface area contributed by atoms with Gasteiger partial charge in [-0.1, -0.05) is 17.7 Å². The molecule has 1 aromatic carbocycles. The van der Waals surface area contributed by atoms with Crippen LogP contribution >= 0.6 is 22.9 Å². The fraction of sp³-hybridized carbons (Fsp3) is 0.381. The van der Waals surface area contributed by atoms with E-state index in [1.807, 2.05) is 29.2 Å². The molecule has 1 aliphatic heterocycles. The van der Waals surface area contributed by atoms with Gasteiger partial charge in [0.05, 0.1) is 29.9 Å². The van der Waals surface area contributed by atoms with Crippen LogP contribution in [0.1, 0.15) is 18.4 Å². The molecule has 0 radical (unpaired) electrons. The number of fused-ring (bicyclic) bond motifs is 1. The first-order valence-electron chi connectivity index (χ1n) is 9.88. The normalized spacial score (nSPS) is 14.6. The zero-order valence-corrected chi connectivity index (χ0v) is 18.8. The molecule has 10 heteroatoms. The van der Waals surface area contributed by atoms with Crippen LogP contribution in [0, 0.1) is 5.92 Å². The van der Waals surface area contributed by atoms with Crippen LogP contribution in [0.15, 0.2) is 24.3 Å². The third-order valence-corrected chi connectivity index (χ3v) is 6.54. The highest BCUT2D eigenvalue weighted by atomic mass is 35.5. The molecular formula is C21H23ClN4O4S. The predicted octanol–water partition coefficient (Wildman–Crippen LogP) is 4.28. The number of ether oxygens (including phenoxy) is 2. The van der Waals surface area contributed by atoms with Crippen molar-refractivity contribution in [1.29, 1.82) is 0 Å². The van der Waals surface area contributed by atoms with Crippen molar-refractivity contribution >= 4 is 50.9 Å². The number of methoxy groups -OCH3 is 2. The molecule has 0 atom stereocenters. The molecule has 31 heavy (non-hydrogen) atoms. The number of halogens is 1. The van der Waals surface area contributed by atoms with Gasteiger partial charge in [0.2, 0.25) is 5.95 Å². The minimum absolute atomic E-state index is 0.307. The van der Waals surface area contributed by atoms with Crippen LogP contribution in [0.5, 0.6) is 11.5 Å². The van der Waals surface area contributed by atoms with Gasteiger partial charge in [0.25, 0.3) is 0 Å². The maximum absolute atomic E-state index is 11.2. The number of piperidine rings is 1. The molecule has 2 aromatic heterocycles. The fourth-order valence-corrected chi connectivity index (χ4v) is 4.74. The molecule has 2 N–H and O–H groups in total. The van der Waals surface area contributed by atoms with Crippen LogP contribution in [-0.4, -0.2) is 48.4 Å². The van der Waals surface area contributed by atoms with Crippen molar-refractivity contribution in [3.05, 3.63) is 34.2 Å². The smallest absolute Gasteiger partial charge is 0.306 e. The van der Waals surface area contributed by atoms with E-state index < -0.39 is 5.97 Å². The molecule has 1 saturated heterocycles. The number of thiophene rings is 1. The van der Waals surface area contributed by atoms with Crippen molar-refractivity contribution in [2.45, 2.75) is 19.4 Å². The zero-order chi connectivity index (χ0) is 22.0. The van der Waals surface area contributed by atoms with E-state index in [-0.39, 0.29) is 5.92 Å². The molecule has 0 aliphatic carbocycles. The Labute approximate surface area is 188 Å². The summed E-state index contributed by atoms with van der Waals surface area (Å²) >= 11 is 7.65. The van der Waals surface area contributed by atoms with Crippen LogP contribution in [0.25, 0.3) is 10.2 Å². The Morgan fingerprint density at radius 2 is 1.97 bits per heavy atom. The number of rotatable bonds is 7. The van der Waals surface area contributed by atoms with Crippen LogP contribution in [0.3, 0.4) is 0 Å². The maximum atomic E-state index is 11.2. The highest BCUT2D eigenvalue weighted by Crippen LogP contribution is 2.35. The van der Waals surface area contributed by atoms with Crippen molar-refractivity contribution in [2.75, 3.05) is 37.5 Å². The molecule has 0 spiro atoms. The molecule has 4 rings (SSSR count). The number of nitrogens with zero attached hydrogens (tertiary/aromatic N) is 3. The van der Waals surface area contributed by atoms with Gasteiger partial charge in [-0.2, -0.15) is 4.98 Å². The summed E-state index contributed by atoms with van der Waals surface area (Å²) in [5.74, 6) is 1.57.